The quantitative estimate of drug-likeness (QED) is 0.744. The summed E-state index contributed by atoms with van der Waals surface area (Å²) < 4.78 is 23.4. The van der Waals surface area contributed by atoms with Crippen LogP contribution in [0.5, 0.6) is 0 Å². The van der Waals surface area contributed by atoms with Gasteiger partial charge >= 0.3 is 0 Å². The first-order valence-electron chi connectivity index (χ1n) is 6.10. The lowest BCUT2D eigenvalue weighted by Crippen LogP contribution is -2.45. The molecule has 0 radical (unpaired) electrons. The predicted molar refractivity (Wildman–Crippen MR) is 65.4 cm³/mol. The summed E-state index contributed by atoms with van der Waals surface area (Å²) in [7, 11) is -3.25. The van der Waals surface area contributed by atoms with Crippen molar-refractivity contribution >= 4 is 15.7 Å². The van der Waals surface area contributed by atoms with E-state index in [0.29, 0.717) is 25.7 Å². The standard InChI is InChI=1S/C11H21NO4S/c1-9(5-4-7-13)12-11(14)10-6-2-3-8-17(10,15)16/h9-10,13H,2-8H2,1H3,(H,12,14). The number of sulfone groups is 1. The minimum Gasteiger partial charge on any atom is -0.396 e. The molecule has 0 spiro atoms. The van der Waals surface area contributed by atoms with Crippen LogP contribution in [0, 0.1) is 0 Å². The third-order valence-corrected chi connectivity index (χ3v) is 5.23. The SMILES string of the molecule is CC(CCCO)NC(=O)C1CCCCS1(=O)=O. The van der Waals surface area contributed by atoms with Gasteiger partial charge in [-0.15, -0.1) is 0 Å². The predicted octanol–water partition coefficient (Wildman–Crippen LogP) is 0.231. The molecule has 1 saturated heterocycles. The average molecular weight is 263 g/mol. The van der Waals surface area contributed by atoms with Crippen molar-refractivity contribution in [3.05, 3.63) is 0 Å². The van der Waals surface area contributed by atoms with E-state index in [1.165, 1.54) is 0 Å². The Bertz CT molecular complexity index is 352. The van der Waals surface area contributed by atoms with Crippen molar-refractivity contribution in [3.63, 3.8) is 0 Å². The van der Waals surface area contributed by atoms with Crippen LogP contribution in [0.1, 0.15) is 39.0 Å². The fourth-order valence-electron chi connectivity index (χ4n) is 2.05. The Morgan fingerprint density at radius 2 is 2.18 bits per heavy atom. The third kappa shape index (κ3) is 4.27. The number of aliphatic hydroxyl groups excluding tert-OH is 1. The van der Waals surface area contributed by atoms with Gasteiger partial charge in [0.25, 0.3) is 0 Å². The third-order valence-electron chi connectivity index (χ3n) is 3.06. The normalized spacial score (nSPS) is 25.2. The Balaban J connectivity index is 2.51. The topological polar surface area (TPSA) is 83.5 Å². The summed E-state index contributed by atoms with van der Waals surface area (Å²) in [5.74, 6) is -0.258. The Morgan fingerprint density at radius 3 is 2.76 bits per heavy atom. The Hall–Kier alpha value is -0.620. The van der Waals surface area contributed by atoms with Crippen LogP contribution in [0.15, 0.2) is 0 Å². The molecule has 0 aliphatic carbocycles. The lowest BCUT2D eigenvalue weighted by atomic mass is 10.1. The molecule has 6 heteroatoms. The van der Waals surface area contributed by atoms with E-state index >= 15 is 0 Å². The number of carbonyl (C=O) groups excluding carboxylic acids is 1. The molecule has 1 amide bonds. The molecule has 17 heavy (non-hydrogen) atoms. The summed E-state index contributed by atoms with van der Waals surface area (Å²) >= 11 is 0. The molecule has 1 rings (SSSR count). The van der Waals surface area contributed by atoms with Gasteiger partial charge in [-0.05, 0) is 32.6 Å². The fourth-order valence-corrected chi connectivity index (χ4v) is 3.87. The van der Waals surface area contributed by atoms with Gasteiger partial charge < -0.3 is 10.4 Å². The van der Waals surface area contributed by atoms with Gasteiger partial charge in [0.05, 0.1) is 5.75 Å². The van der Waals surface area contributed by atoms with Crippen LogP contribution in [0.25, 0.3) is 0 Å². The summed E-state index contributed by atoms with van der Waals surface area (Å²) in [6.07, 6.45) is 3.16. The van der Waals surface area contributed by atoms with Crippen LogP contribution in [0.4, 0.5) is 0 Å². The molecular formula is C11H21NO4S. The maximum absolute atomic E-state index is 11.8. The first-order chi connectivity index (χ1) is 7.97. The molecule has 5 nitrogen and oxygen atoms in total. The molecule has 2 atom stereocenters. The van der Waals surface area contributed by atoms with E-state index < -0.39 is 15.1 Å². The molecule has 0 aromatic heterocycles. The van der Waals surface area contributed by atoms with Gasteiger partial charge in [-0.25, -0.2) is 8.42 Å². The highest BCUT2D eigenvalue weighted by molar-refractivity contribution is 7.92. The second-order valence-corrected chi connectivity index (χ2v) is 6.93. The van der Waals surface area contributed by atoms with E-state index in [-0.39, 0.29) is 24.3 Å². The van der Waals surface area contributed by atoms with E-state index in [4.69, 9.17) is 5.11 Å². The van der Waals surface area contributed by atoms with Gasteiger partial charge in [-0.2, -0.15) is 0 Å². The molecule has 100 valence electrons. The van der Waals surface area contributed by atoms with Crippen molar-refractivity contribution in [2.75, 3.05) is 12.4 Å². The second-order valence-electron chi connectivity index (χ2n) is 4.63. The molecule has 0 aromatic rings. The first-order valence-corrected chi connectivity index (χ1v) is 7.81. The number of aliphatic hydroxyl groups is 1. The van der Waals surface area contributed by atoms with Crippen molar-refractivity contribution in [1.29, 1.82) is 0 Å². The summed E-state index contributed by atoms with van der Waals surface area (Å²) in [5.41, 5.74) is 0. The van der Waals surface area contributed by atoms with Crippen molar-refractivity contribution in [1.82, 2.24) is 5.32 Å². The summed E-state index contributed by atoms with van der Waals surface area (Å²) in [6, 6.07) is -0.0909. The van der Waals surface area contributed by atoms with Crippen LogP contribution >= 0.6 is 0 Å². The van der Waals surface area contributed by atoms with Gasteiger partial charge in [0.2, 0.25) is 5.91 Å². The Kier molecular flexibility index (Phi) is 5.39. The lowest BCUT2D eigenvalue weighted by Gasteiger charge is -2.23. The number of carbonyl (C=O) groups is 1. The van der Waals surface area contributed by atoms with E-state index in [1.807, 2.05) is 6.92 Å². The van der Waals surface area contributed by atoms with Crippen molar-refractivity contribution in [2.24, 2.45) is 0 Å². The van der Waals surface area contributed by atoms with Crippen LogP contribution in [-0.2, 0) is 14.6 Å². The van der Waals surface area contributed by atoms with Crippen molar-refractivity contribution in [2.45, 2.75) is 50.3 Å². The van der Waals surface area contributed by atoms with Gasteiger partial charge in [0.15, 0.2) is 9.84 Å². The highest BCUT2D eigenvalue weighted by Gasteiger charge is 2.35. The molecule has 1 aliphatic rings. The molecule has 2 unspecified atom stereocenters. The summed E-state index contributed by atoms with van der Waals surface area (Å²) in [4.78, 5) is 11.8. The minimum absolute atomic E-state index is 0.0853. The highest BCUT2D eigenvalue weighted by Crippen LogP contribution is 2.19. The van der Waals surface area contributed by atoms with E-state index in [2.05, 4.69) is 5.32 Å². The van der Waals surface area contributed by atoms with Crippen LogP contribution < -0.4 is 5.32 Å². The number of nitrogens with one attached hydrogen (secondary N) is 1. The lowest BCUT2D eigenvalue weighted by molar-refractivity contribution is -0.121. The zero-order chi connectivity index (χ0) is 12.9. The van der Waals surface area contributed by atoms with Crippen LogP contribution in [-0.4, -0.2) is 43.1 Å². The van der Waals surface area contributed by atoms with Gasteiger partial charge in [0.1, 0.15) is 5.25 Å². The number of hydrogen-bond acceptors (Lipinski definition) is 4. The van der Waals surface area contributed by atoms with E-state index in [1.54, 1.807) is 0 Å². The molecule has 2 N–H and O–H groups in total. The Morgan fingerprint density at radius 1 is 1.47 bits per heavy atom. The fraction of sp³-hybridized carbons (Fsp3) is 0.909. The molecule has 0 bridgehead atoms. The number of hydrogen-bond donors (Lipinski definition) is 2. The smallest absolute Gasteiger partial charge is 0.238 e. The molecule has 1 fully saturated rings. The summed E-state index contributed by atoms with van der Waals surface area (Å²) in [5, 5.41) is 10.5. The maximum Gasteiger partial charge on any atom is 0.238 e. The average Bonchev–Trinajstić information content (AvgIpc) is 2.25. The van der Waals surface area contributed by atoms with Gasteiger partial charge in [-0.1, -0.05) is 6.42 Å². The zero-order valence-electron chi connectivity index (χ0n) is 10.2. The van der Waals surface area contributed by atoms with Crippen molar-refractivity contribution in [3.8, 4) is 0 Å². The maximum atomic E-state index is 11.8. The summed E-state index contributed by atoms with van der Waals surface area (Å²) in [6.45, 7) is 1.91. The number of amides is 1. The number of rotatable bonds is 5. The monoisotopic (exact) mass is 263 g/mol. The Labute approximate surface area is 103 Å². The largest absolute Gasteiger partial charge is 0.396 e. The van der Waals surface area contributed by atoms with Gasteiger partial charge in [0, 0.05) is 12.6 Å². The van der Waals surface area contributed by atoms with E-state index in [9.17, 15) is 13.2 Å². The van der Waals surface area contributed by atoms with E-state index in [0.717, 1.165) is 6.42 Å². The van der Waals surface area contributed by atoms with Gasteiger partial charge in [-0.3, -0.25) is 4.79 Å². The molecule has 1 aliphatic heterocycles. The molecule has 0 saturated carbocycles. The van der Waals surface area contributed by atoms with Crippen LogP contribution in [0.2, 0.25) is 0 Å². The van der Waals surface area contributed by atoms with Crippen LogP contribution in [0.3, 0.4) is 0 Å². The second kappa shape index (κ2) is 6.35. The molecule has 1 heterocycles. The zero-order valence-corrected chi connectivity index (χ0v) is 11.0. The minimum atomic E-state index is -3.25. The van der Waals surface area contributed by atoms with Crippen molar-refractivity contribution < 1.29 is 18.3 Å². The highest BCUT2D eigenvalue weighted by atomic mass is 32.2. The molecular weight excluding hydrogens is 242 g/mol. The molecule has 0 aromatic carbocycles. The first kappa shape index (κ1) is 14.4.